The fourth-order valence-electron chi connectivity index (χ4n) is 1.36. The zero-order valence-corrected chi connectivity index (χ0v) is 8.89. The lowest BCUT2D eigenvalue weighted by Crippen LogP contribution is -2.09. The molecular formula is C11H14ClFO. The van der Waals surface area contributed by atoms with Crippen molar-refractivity contribution in [3.63, 3.8) is 0 Å². The van der Waals surface area contributed by atoms with Gasteiger partial charge in [0.2, 0.25) is 0 Å². The predicted molar refractivity (Wildman–Crippen MR) is 56.0 cm³/mol. The molecule has 0 saturated carbocycles. The average Bonchev–Trinajstić information content (AvgIpc) is 2.20. The van der Waals surface area contributed by atoms with Crippen LogP contribution in [0.1, 0.15) is 18.9 Å². The van der Waals surface area contributed by atoms with Crippen molar-refractivity contribution in [3.8, 4) is 0 Å². The van der Waals surface area contributed by atoms with Crippen molar-refractivity contribution in [1.82, 2.24) is 0 Å². The maximum atomic E-state index is 13.4. The third-order valence-corrected chi connectivity index (χ3v) is 2.67. The van der Waals surface area contributed by atoms with Gasteiger partial charge in [-0.05, 0) is 24.0 Å². The van der Waals surface area contributed by atoms with Crippen LogP contribution in [0.5, 0.6) is 0 Å². The summed E-state index contributed by atoms with van der Waals surface area (Å²) in [5, 5.41) is 9.14. The second-order valence-electron chi connectivity index (χ2n) is 3.37. The van der Waals surface area contributed by atoms with E-state index in [1.807, 2.05) is 6.92 Å². The van der Waals surface area contributed by atoms with Crippen LogP contribution in [0.15, 0.2) is 18.2 Å². The Morgan fingerprint density at radius 1 is 1.50 bits per heavy atom. The van der Waals surface area contributed by atoms with Gasteiger partial charge in [0.15, 0.2) is 0 Å². The van der Waals surface area contributed by atoms with Gasteiger partial charge in [0.1, 0.15) is 5.82 Å². The lowest BCUT2D eigenvalue weighted by Gasteiger charge is -2.12. The number of benzene rings is 1. The third kappa shape index (κ3) is 2.69. The molecule has 1 aromatic rings. The first-order valence-corrected chi connectivity index (χ1v) is 5.10. The molecule has 1 N–H and O–H groups in total. The zero-order valence-electron chi connectivity index (χ0n) is 8.13. The van der Waals surface area contributed by atoms with E-state index in [1.54, 1.807) is 12.1 Å². The second-order valence-corrected chi connectivity index (χ2v) is 3.78. The Labute approximate surface area is 88.5 Å². The number of aliphatic hydroxyl groups excluding tert-OH is 1. The molecule has 0 bridgehead atoms. The molecular weight excluding hydrogens is 203 g/mol. The zero-order chi connectivity index (χ0) is 10.6. The minimum Gasteiger partial charge on any atom is -0.396 e. The molecule has 1 aromatic carbocycles. The average molecular weight is 217 g/mol. The molecule has 0 aliphatic heterocycles. The molecule has 3 heteroatoms. The van der Waals surface area contributed by atoms with Crippen LogP contribution in [0.3, 0.4) is 0 Å². The van der Waals surface area contributed by atoms with Crippen molar-refractivity contribution < 1.29 is 9.50 Å². The lowest BCUT2D eigenvalue weighted by atomic mass is 9.97. The van der Waals surface area contributed by atoms with Crippen LogP contribution in [0.2, 0.25) is 5.02 Å². The highest BCUT2D eigenvalue weighted by atomic mass is 35.5. The van der Waals surface area contributed by atoms with Gasteiger partial charge in [-0.25, -0.2) is 4.39 Å². The summed E-state index contributed by atoms with van der Waals surface area (Å²) in [6, 6.07) is 4.96. The SMILES string of the molecule is CCC(CO)Cc1cccc(Cl)c1F. The summed E-state index contributed by atoms with van der Waals surface area (Å²) < 4.78 is 13.4. The maximum Gasteiger partial charge on any atom is 0.144 e. The molecule has 0 aromatic heterocycles. The van der Waals surface area contributed by atoms with Crippen LogP contribution < -0.4 is 0 Å². The summed E-state index contributed by atoms with van der Waals surface area (Å²) in [5.74, 6) is -0.246. The van der Waals surface area contributed by atoms with Gasteiger partial charge in [0, 0.05) is 6.61 Å². The largest absolute Gasteiger partial charge is 0.396 e. The van der Waals surface area contributed by atoms with Gasteiger partial charge >= 0.3 is 0 Å². The Hall–Kier alpha value is -0.600. The molecule has 0 saturated heterocycles. The molecule has 1 nitrogen and oxygen atoms in total. The summed E-state index contributed by atoms with van der Waals surface area (Å²) in [4.78, 5) is 0. The minimum atomic E-state index is -0.360. The van der Waals surface area contributed by atoms with Crippen LogP contribution in [-0.2, 0) is 6.42 Å². The first-order chi connectivity index (χ1) is 6.69. The maximum absolute atomic E-state index is 13.4. The lowest BCUT2D eigenvalue weighted by molar-refractivity contribution is 0.221. The smallest absolute Gasteiger partial charge is 0.144 e. The number of halogens is 2. The van der Waals surface area contributed by atoms with E-state index in [9.17, 15) is 4.39 Å². The van der Waals surface area contributed by atoms with Gasteiger partial charge in [-0.1, -0.05) is 37.1 Å². The highest BCUT2D eigenvalue weighted by molar-refractivity contribution is 6.30. The molecule has 0 aliphatic carbocycles. The van der Waals surface area contributed by atoms with Crippen LogP contribution in [0, 0.1) is 11.7 Å². The number of hydrogen-bond donors (Lipinski definition) is 1. The normalized spacial score (nSPS) is 12.9. The quantitative estimate of drug-likeness (QED) is 0.820. The topological polar surface area (TPSA) is 20.2 Å². The monoisotopic (exact) mass is 216 g/mol. The van der Waals surface area contributed by atoms with E-state index >= 15 is 0 Å². The van der Waals surface area contributed by atoms with Crippen molar-refractivity contribution >= 4 is 11.6 Å². The van der Waals surface area contributed by atoms with E-state index in [0.717, 1.165) is 6.42 Å². The molecule has 78 valence electrons. The fourth-order valence-corrected chi connectivity index (χ4v) is 1.55. The highest BCUT2D eigenvalue weighted by Gasteiger charge is 2.11. The van der Waals surface area contributed by atoms with Gasteiger partial charge in [0.25, 0.3) is 0 Å². The van der Waals surface area contributed by atoms with E-state index in [4.69, 9.17) is 16.7 Å². The van der Waals surface area contributed by atoms with Crippen molar-refractivity contribution in [3.05, 3.63) is 34.6 Å². The van der Waals surface area contributed by atoms with Crippen LogP contribution >= 0.6 is 11.6 Å². The Balaban J connectivity index is 2.80. The molecule has 1 atom stereocenters. The van der Waals surface area contributed by atoms with E-state index < -0.39 is 0 Å². The van der Waals surface area contributed by atoms with Crippen molar-refractivity contribution in [2.45, 2.75) is 19.8 Å². The number of aliphatic hydroxyl groups is 1. The Bertz CT molecular complexity index is 297. The minimum absolute atomic E-state index is 0.0858. The van der Waals surface area contributed by atoms with Gasteiger partial charge in [0.05, 0.1) is 5.02 Å². The van der Waals surface area contributed by atoms with E-state index in [-0.39, 0.29) is 23.4 Å². The number of rotatable bonds is 4. The highest BCUT2D eigenvalue weighted by Crippen LogP contribution is 2.21. The van der Waals surface area contributed by atoms with Crippen molar-refractivity contribution in [2.24, 2.45) is 5.92 Å². The van der Waals surface area contributed by atoms with Crippen LogP contribution in [-0.4, -0.2) is 11.7 Å². The predicted octanol–water partition coefficient (Wildman–Crippen LogP) is 3.04. The fraction of sp³-hybridized carbons (Fsp3) is 0.455. The summed E-state index contributed by atoms with van der Waals surface area (Å²) in [5.41, 5.74) is 0.582. The van der Waals surface area contributed by atoms with Crippen molar-refractivity contribution in [2.75, 3.05) is 6.61 Å². The van der Waals surface area contributed by atoms with Crippen LogP contribution in [0.25, 0.3) is 0 Å². The van der Waals surface area contributed by atoms with Gasteiger partial charge in [-0.2, -0.15) is 0 Å². The number of hydrogen-bond acceptors (Lipinski definition) is 1. The van der Waals surface area contributed by atoms with Gasteiger partial charge < -0.3 is 5.11 Å². The van der Waals surface area contributed by atoms with E-state index in [0.29, 0.717) is 12.0 Å². The first kappa shape index (κ1) is 11.5. The van der Waals surface area contributed by atoms with E-state index in [1.165, 1.54) is 6.07 Å². The Kier molecular flexibility index (Phi) is 4.36. The summed E-state index contributed by atoms with van der Waals surface area (Å²) >= 11 is 5.65. The molecule has 0 spiro atoms. The summed E-state index contributed by atoms with van der Waals surface area (Å²) in [7, 11) is 0. The Morgan fingerprint density at radius 3 is 2.79 bits per heavy atom. The standard InChI is InChI=1S/C11H14ClFO/c1-2-8(7-14)6-9-4-3-5-10(12)11(9)13/h3-5,8,14H,2,6-7H2,1H3. The van der Waals surface area contributed by atoms with Gasteiger partial charge in [-0.3, -0.25) is 0 Å². The third-order valence-electron chi connectivity index (χ3n) is 2.38. The molecule has 1 rings (SSSR count). The molecule has 0 fully saturated rings. The van der Waals surface area contributed by atoms with E-state index in [2.05, 4.69) is 0 Å². The summed E-state index contributed by atoms with van der Waals surface area (Å²) in [6.07, 6.45) is 1.38. The molecule has 0 radical (unpaired) electrons. The molecule has 14 heavy (non-hydrogen) atoms. The van der Waals surface area contributed by atoms with Gasteiger partial charge in [-0.15, -0.1) is 0 Å². The molecule has 0 amide bonds. The van der Waals surface area contributed by atoms with Crippen LogP contribution in [0.4, 0.5) is 4.39 Å². The second kappa shape index (κ2) is 5.32. The molecule has 0 heterocycles. The molecule has 0 aliphatic rings. The van der Waals surface area contributed by atoms with Crippen molar-refractivity contribution in [1.29, 1.82) is 0 Å². The summed E-state index contributed by atoms with van der Waals surface area (Å²) in [6.45, 7) is 2.06. The molecule has 1 unspecified atom stereocenters. The first-order valence-electron chi connectivity index (χ1n) is 4.72. The Morgan fingerprint density at radius 2 is 2.21 bits per heavy atom.